The van der Waals surface area contributed by atoms with E-state index in [9.17, 15) is 18.8 Å². The Balaban J connectivity index is 1.72. The molecule has 1 aliphatic heterocycles. The molecule has 166 valence electrons. The predicted molar refractivity (Wildman–Crippen MR) is 116 cm³/mol. The van der Waals surface area contributed by atoms with Crippen molar-refractivity contribution < 1.29 is 18.8 Å². The topological polar surface area (TPSA) is 123 Å². The van der Waals surface area contributed by atoms with Crippen LogP contribution in [0.5, 0.6) is 0 Å². The fourth-order valence-electron chi connectivity index (χ4n) is 3.37. The average Bonchev–Trinajstić information content (AvgIpc) is 2.99. The molecule has 32 heavy (non-hydrogen) atoms. The minimum absolute atomic E-state index is 0.155. The van der Waals surface area contributed by atoms with Crippen LogP contribution in [-0.4, -0.2) is 36.5 Å². The second-order valence-electron chi connectivity index (χ2n) is 7.52. The van der Waals surface area contributed by atoms with E-state index in [-0.39, 0.29) is 12.3 Å². The minimum atomic E-state index is -0.973. The fourth-order valence-corrected chi connectivity index (χ4v) is 3.37. The number of halogens is 1. The lowest BCUT2D eigenvalue weighted by atomic mass is 10.0. The highest BCUT2D eigenvalue weighted by molar-refractivity contribution is 5.95. The van der Waals surface area contributed by atoms with E-state index in [4.69, 9.17) is 5.26 Å². The van der Waals surface area contributed by atoms with E-state index in [1.165, 1.54) is 24.3 Å². The smallest absolute Gasteiger partial charge is 0.319 e. The molecule has 2 aromatic rings. The van der Waals surface area contributed by atoms with Gasteiger partial charge in [0.25, 0.3) is 0 Å². The number of urea groups is 1. The lowest BCUT2D eigenvalue weighted by molar-refractivity contribution is -0.129. The number of nitriles is 1. The Bertz CT molecular complexity index is 1000. The molecule has 4 N–H and O–H groups in total. The maximum Gasteiger partial charge on any atom is 0.319 e. The Labute approximate surface area is 185 Å². The molecule has 8 nitrogen and oxygen atoms in total. The van der Waals surface area contributed by atoms with Gasteiger partial charge in [-0.3, -0.25) is 9.59 Å². The number of carbonyl (C=O) groups is 3. The van der Waals surface area contributed by atoms with Crippen LogP contribution in [0.2, 0.25) is 0 Å². The molecule has 0 bridgehead atoms. The van der Waals surface area contributed by atoms with E-state index in [0.29, 0.717) is 24.2 Å². The number of hydrogen-bond acceptors (Lipinski definition) is 4. The lowest BCUT2D eigenvalue weighted by Gasteiger charge is -2.22. The Hall–Kier alpha value is -3.93. The summed E-state index contributed by atoms with van der Waals surface area (Å²) in [5.74, 6) is -1.18. The van der Waals surface area contributed by atoms with E-state index in [1.807, 2.05) is 6.07 Å². The van der Waals surface area contributed by atoms with E-state index >= 15 is 0 Å². The van der Waals surface area contributed by atoms with E-state index in [0.717, 1.165) is 18.4 Å². The molecule has 0 radical (unpaired) electrons. The molecule has 9 heteroatoms. The van der Waals surface area contributed by atoms with Gasteiger partial charge < -0.3 is 21.3 Å². The Morgan fingerprint density at radius 1 is 1.12 bits per heavy atom. The van der Waals surface area contributed by atoms with Crippen LogP contribution in [0.4, 0.5) is 14.9 Å². The number of nitrogens with one attached hydrogen (secondary N) is 4. The van der Waals surface area contributed by atoms with E-state index in [1.54, 1.807) is 24.3 Å². The molecule has 1 fully saturated rings. The lowest BCUT2D eigenvalue weighted by Crippen LogP contribution is -2.54. The summed E-state index contributed by atoms with van der Waals surface area (Å²) in [4.78, 5) is 37.7. The normalized spacial score (nSPS) is 16.6. The van der Waals surface area contributed by atoms with Crippen LogP contribution in [0.25, 0.3) is 0 Å². The third kappa shape index (κ3) is 6.54. The van der Waals surface area contributed by atoms with Gasteiger partial charge in [-0.25, -0.2) is 9.18 Å². The van der Waals surface area contributed by atoms with Crippen LogP contribution in [0.1, 0.15) is 30.4 Å². The monoisotopic (exact) mass is 437 g/mol. The van der Waals surface area contributed by atoms with Crippen LogP contribution in [-0.2, 0) is 16.0 Å². The van der Waals surface area contributed by atoms with Crippen molar-refractivity contribution in [2.75, 3.05) is 11.9 Å². The molecule has 0 spiro atoms. The van der Waals surface area contributed by atoms with Gasteiger partial charge in [0.05, 0.1) is 11.6 Å². The molecule has 0 aromatic heterocycles. The summed E-state index contributed by atoms with van der Waals surface area (Å²) in [5.41, 5.74) is 1.58. The Morgan fingerprint density at radius 2 is 1.84 bits per heavy atom. The maximum atomic E-state index is 13.1. The number of rotatable bonds is 6. The number of hydrogen-bond donors (Lipinski definition) is 4. The van der Waals surface area contributed by atoms with Gasteiger partial charge in [0.15, 0.2) is 0 Å². The quantitative estimate of drug-likeness (QED) is 0.553. The summed E-state index contributed by atoms with van der Waals surface area (Å²) >= 11 is 0. The van der Waals surface area contributed by atoms with Crippen molar-refractivity contribution in [3.8, 4) is 6.07 Å². The van der Waals surface area contributed by atoms with Gasteiger partial charge in [-0.15, -0.1) is 0 Å². The zero-order valence-electron chi connectivity index (χ0n) is 17.4. The van der Waals surface area contributed by atoms with E-state index < -0.39 is 29.8 Å². The van der Waals surface area contributed by atoms with Gasteiger partial charge in [-0.1, -0.05) is 12.1 Å². The molecule has 1 unspecified atom stereocenters. The maximum absolute atomic E-state index is 13.1. The van der Waals surface area contributed by atoms with Gasteiger partial charge >= 0.3 is 6.03 Å². The van der Waals surface area contributed by atoms with Gasteiger partial charge in [0.2, 0.25) is 11.8 Å². The largest absolute Gasteiger partial charge is 0.354 e. The highest BCUT2D eigenvalue weighted by Gasteiger charge is 2.27. The van der Waals surface area contributed by atoms with Gasteiger partial charge in [-0.2, -0.15) is 5.26 Å². The summed E-state index contributed by atoms with van der Waals surface area (Å²) in [6.45, 7) is 0.568. The third-order valence-corrected chi connectivity index (χ3v) is 5.10. The third-order valence-electron chi connectivity index (χ3n) is 5.10. The first-order valence-corrected chi connectivity index (χ1v) is 10.3. The number of carbonyl (C=O) groups excluding carboxylic acids is 3. The van der Waals surface area contributed by atoms with Crippen LogP contribution in [0, 0.1) is 17.1 Å². The molecule has 0 aliphatic carbocycles. The number of nitrogens with zero attached hydrogens (tertiary/aromatic N) is 1. The summed E-state index contributed by atoms with van der Waals surface area (Å²) < 4.78 is 13.1. The van der Waals surface area contributed by atoms with Crippen LogP contribution in [0.3, 0.4) is 0 Å². The molecule has 4 amide bonds. The molecule has 2 aromatic carbocycles. The first-order valence-electron chi connectivity index (χ1n) is 10.3. The van der Waals surface area contributed by atoms with Crippen molar-refractivity contribution in [2.45, 2.75) is 37.8 Å². The SMILES string of the molecule is N#Cc1ccc(C[C@@H](NC(=O)Nc2ccc(F)cc2)C(=O)NC2CCCCNC2=O)cc1. The van der Waals surface area contributed by atoms with Crippen LogP contribution >= 0.6 is 0 Å². The number of amides is 4. The standard InChI is InChI=1S/C23H24FN5O3/c24-17-8-10-18(11-9-17)27-23(32)29-20(13-15-4-6-16(14-25)7-5-15)22(31)28-19-3-1-2-12-26-21(19)30/h4-11,19-20H,1-3,12-13H2,(H,26,30)(H,28,31)(H2,27,29,32)/t19?,20-/m1/s1. The second-order valence-corrected chi connectivity index (χ2v) is 7.52. The summed E-state index contributed by atoms with van der Waals surface area (Å²) in [7, 11) is 0. The van der Waals surface area contributed by atoms with E-state index in [2.05, 4.69) is 21.3 Å². The molecule has 1 heterocycles. The van der Waals surface area contributed by atoms with Crippen LogP contribution in [0.15, 0.2) is 48.5 Å². The predicted octanol–water partition coefficient (Wildman–Crippen LogP) is 2.22. The van der Waals surface area contributed by atoms with Gasteiger partial charge in [0, 0.05) is 18.7 Å². The van der Waals surface area contributed by atoms with Crippen molar-refractivity contribution >= 4 is 23.5 Å². The minimum Gasteiger partial charge on any atom is -0.354 e. The molecular formula is C23H24FN5O3. The summed E-state index contributed by atoms with van der Waals surface area (Å²) in [6, 6.07) is 11.6. The van der Waals surface area contributed by atoms with Crippen molar-refractivity contribution in [3.05, 3.63) is 65.5 Å². The molecular weight excluding hydrogens is 413 g/mol. The number of benzene rings is 2. The second kappa shape index (κ2) is 10.9. The molecule has 2 atom stereocenters. The highest BCUT2D eigenvalue weighted by atomic mass is 19.1. The fraction of sp³-hybridized carbons (Fsp3) is 0.304. The van der Waals surface area contributed by atoms with Gasteiger partial charge in [0.1, 0.15) is 17.9 Å². The van der Waals surface area contributed by atoms with Crippen LogP contribution < -0.4 is 21.3 Å². The number of anilines is 1. The van der Waals surface area contributed by atoms with Crippen molar-refractivity contribution in [1.29, 1.82) is 5.26 Å². The van der Waals surface area contributed by atoms with Gasteiger partial charge in [-0.05, 0) is 61.2 Å². The highest BCUT2D eigenvalue weighted by Crippen LogP contribution is 2.11. The zero-order chi connectivity index (χ0) is 22.9. The average molecular weight is 437 g/mol. The summed E-state index contributed by atoms with van der Waals surface area (Å²) in [6.07, 6.45) is 2.30. The van der Waals surface area contributed by atoms with Crippen molar-refractivity contribution in [2.24, 2.45) is 0 Å². The zero-order valence-corrected chi connectivity index (χ0v) is 17.4. The molecule has 0 saturated carbocycles. The Kier molecular flexibility index (Phi) is 7.75. The molecule has 1 saturated heterocycles. The Morgan fingerprint density at radius 3 is 2.53 bits per heavy atom. The molecule has 1 aliphatic rings. The molecule has 3 rings (SSSR count). The van der Waals surface area contributed by atoms with Crippen molar-refractivity contribution in [1.82, 2.24) is 16.0 Å². The van der Waals surface area contributed by atoms with Crippen molar-refractivity contribution in [3.63, 3.8) is 0 Å². The first-order chi connectivity index (χ1) is 15.4. The summed E-state index contributed by atoms with van der Waals surface area (Å²) in [5, 5.41) is 19.6. The first kappa shape index (κ1) is 22.7.